The van der Waals surface area contributed by atoms with Crippen molar-refractivity contribution in [3.8, 4) is 17.1 Å². The Balaban J connectivity index is 2.42. The number of H-pyrrole nitrogens is 1. The van der Waals surface area contributed by atoms with Crippen molar-refractivity contribution in [3.63, 3.8) is 0 Å². The molecule has 0 spiro atoms. The summed E-state index contributed by atoms with van der Waals surface area (Å²) in [6.45, 7) is 2.02. The second-order valence-corrected chi connectivity index (χ2v) is 5.32. The van der Waals surface area contributed by atoms with Crippen molar-refractivity contribution in [2.75, 3.05) is 6.61 Å². The van der Waals surface area contributed by atoms with Gasteiger partial charge in [0.2, 0.25) is 5.43 Å². The van der Waals surface area contributed by atoms with E-state index in [1.54, 1.807) is 0 Å². The van der Waals surface area contributed by atoms with E-state index in [1.807, 2.05) is 6.92 Å². The highest BCUT2D eigenvalue weighted by Gasteiger charge is 2.38. The molecule has 4 nitrogen and oxygen atoms in total. The summed E-state index contributed by atoms with van der Waals surface area (Å²) in [6, 6.07) is 4.73. The number of alkyl halides is 3. The van der Waals surface area contributed by atoms with E-state index in [2.05, 4.69) is 4.98 Å². The molecule has 3 rings (SSSR count). The summed E-state index contributed by atoms with van der Waals surface area (Å²) in [7, 11) is 0. The zero-order chi connectivity index (χ0) is 18.2. The van der Waals surface area contributed by atoms with Crippen LogP contribution in [0.1, 0.15) is 19.0 Å². The molecule has 0 aliphatic rings. The molecule has 0 bridgehead atoms. The summed E-state index contributed by atoms with van der Waals surface area (Å²) in [5, 5.41) is -0.506. The van der Waals surface area contributed by atoms with Crippen LogP contribution in [-0.2, 0) is 6.18 Å². The van der Waals surface area contributed by atoms with Crippen LogP contribution < -0.4 is 10.2 Å². The number of furan rings is 1. The molecular formula is C17H13F4NO3. The smallest absolute Gasteiger partial charge is 0.432 e. The van der Waals surface area contributed by atoms with Crippen molar-refractivity contribution in [2.45, 2.75) is 19.5 Å². The Labute approximate surface area is 139 Å². The molecule has 0 fully saturated rings. The normalized spacial score (nSPS) is 11.9. The summed E-state index contributed by atoms with van der Waals surface area (Å²) in [5.41, 5.74) is -3.53. The lowest BCUT2D eigenvalue weighted by Gasteiger charge is -2.15. The fourth-order valence-corrected chi connectivity index (χ4v) is 2.53. The van der Waals surface area contributed by atoms with Gasteiger partial charge in [0.1, 0.15) is 23.0 Å². The number of nitrogens with one attached hydrogen (secondary N) is 1. The maximum absolute atomic E-state index is 14.2. The van der Waals surface area contributed by atoms with Crippen molar-refractivity contribution in [1.29, 1.82) is 0 Å². The minimum absolute atomic E-state index is 0.0214. The van der Waals surface area contributed by atoms with Crippen LogP contribution in [-0.4, -0.2) is 11.6 Å². The molecule has 25 heavy (non-hydrogen) atoms. The van der Waals surface area contributed by atoms with Crippen molar-refractivity contribution in [1.82, 2.24) is 4.98 Å². The van der Waals surface area contributed by atoms with E-state index in [0.29, 0.717) is 6.42 Å². The lowest BCUT2D eigenvalue weighted by Crippen LogP contribution is -2.19. The third kappa shape index (κ3) is 2.99. The zero-order valence-electron chi connectivity index (χ0n) is 13.0. The van der Waals surface area contributed by atoms with Gasteiger partial charge in [-0.2, -0.15) is 13.2 Å². The van der Waals surface area contributed by atoms with E-state index in [4.69, 9.17) is 9.15 Å². The monoisotopic (exact) mass is 355 g/mol. The molecule has 0 saturated heterocycles. The van der Waals surface area contributed by atoms with Crippen molar-refractivity contribution in [3.05, 3.63) is 52.3 Å². The number of ether oxygens (including phenoxy) is 1. The van der Waals surface area contributed by atoms with Gasteiger partial charge in [0.25, 0.3) is 0 Å². The maximum Gasteiger partial charge on any atom is 0.432 e. The predicted octanol–water partition coefficient (Wildman–Crippen LogP) is 4.73. The summed E-state index contributed by atoms with van der Waals surface area (Å²) in [5.74, 6) is -1.26. The standard InChI is InChI=1S/C17H13F4NO3/c1-2-7-24-11-6-5-9(18)12-14(11)22-16(17(19,20)21)13(15(12)23)10-4-3-8-25-10/h3-6,8H,2,7H2,1H3,(H,22,23). The van der Waals surface area contributed by atoms with Gasteiger partial charge in [-0.3, -0.25) is 4.79 Å². The topological polar surface area (TPSA) is 55.2 Å². The van der Waals surface area contributed by atoms with E-state index in [-0.39, 0.29) is 23.6 Å². The number of halogens is 4. The third-order valence-corrected chi connectivity index (χ3v) is 3.58. The lowest BCUT2D eigenvalue weighted by molar-refractivity contribution is -0.140. The number of benzene rings is 1. The number of pyridine rings is 1. The fourth-order valence-electron chi connectivity index (χ4n) is 2.53. The average Bonchev–Trinajstić information content (AvgIpc) is 3.07. The molecule has 132 valence electrons. The van der Waals surface area contributed by atoms with Crippen LogP contribution >= 0.6 is 0 Å². The van der Waals surface area contributed by atoms with E-state index in [0.717, 1.165) is 12.3 Å². The Morgan fingerprint density at radius 3 is 2.60 bits per heavy atom. The molecule has 3 aromatic rings. The molecule has 0 radical (unpaired) electrons. The molecular weight excluding hydrogens is 342 g/mol. The van der Waals surface area contributed by atoms with E-state index >= 15 is 0 Å². The molecule has 0 aliphatic carbocycles. The fraction of sp³-hybridized carbons (Fsp3) is 0.235. The molecule has 0 amide bonds. The van der Waals surface area contributed by atoms with Gasteiger partial charge in [0.15, 0.2) is 0 Å². The quantitative estimate of drug-likeness (QED) is 0.688. The number of fused-ring (bicyclic) bond motifs is 1. The van der Waals surface area contributed by atoms with Crippen LogP contribution in [0.4, 0.5) is 17.6 Å². The lowest BCUT2D eigenvalue weighted by atomic mass is 10.0. The first kappa shape index (κ1) is 17.1. The second kappa shape index (κ2) is 6.27. The van der Waals surface area contributed by atoms with Gasteiger partial charge in [0, 0.05) is 0 Å². The number of hydrogen-bond donors (Lipinski definition) is 1. The van der Waals surface area contributed by atoms with Crippen LogP contribution in [0.15, 0.2) is 39.7 Å². The first-order chi connectivity index (χ1) is 11.8. The van der Waals surface area contributed by atoms with E-state index < -0.39 is 34.1 Å². The molecule has 0 atom stereocenters. The van der Waals surface area contributed by atoms with Gasteiger partial charge >= 0.3 is 6.18 Å². The molecule has 2 aromatic heterocycles. The van der Waals surface area contributed by atoms with Gasteiger partial charge in [0.05, 0.1) is 29.3 Å². The summed E-state index contributed by atoms with van der Waals surface area (Å²) in [6.07, 6.45) is -3.14. The predicted molar refractivity (Wildman–Crippen MR) is 83.0 cm³/mol. The van der Waals surface area contributed by atoms with E-state index in [1.165, 1.54) is 18.2 Å². The summed E-state index contributed by atoms with van der Waals surface area (Å²) in [4.78, 5) is 14.8. The maximum atomic E-state index is 14.2. The first-order valence-corrected chi connectivity index (χ1v) is 7.47. The van der Waals surface area contributed by atoms with Crippen molar-refractivity contribution < 1.29 is 26.7 Å². The molecule has 2 heterocycles. The van der Waals surface area contributed by atoms with Gasteiger partial charge in [-0.1, -0.05) is 6.92 Å². The molecule has 1 N–H and O–H groups in total. The van der Waals surface area contributed by atoms with Crippen LogP contribution in [0, 0.1) is 5.82 Å². The largest absolute Gasteiger partial charge is 0.491 e. The van der Waals surface area contributed by atoms with Crippen molar-refractivity contribution in [2.24, 2.45) is 0 Å². The van der Waals surface area contributed by atoms with Gasteiger partial charge in [-0.25, -0.2) is 4.39 Å². The molecule has 0 unspecified atom stereocenters. The van der Waals surface area contributed by atoms with Gasteiger partial charge in [-0.05, 0) is 30.7 Å². The SMILES string of the molecule is CCCOc1ccc(F)c2c(=O)c(-c3ccco3)c(C(F)(F)F)[nH]c12. The Morgan fingerprint density at radius 2 is 2.00 bits per heavy atom. The van der Waals surface area contributed by atoms with Gasteiger partial charge < -0.3 is 14.1 Å². The van der Waals surface area contributed by atoms with Crippen LogP contribution in [0.3, 0.4) is 0 Å². The molecule has 1 aromatic carbocycles. The number of rotatable bonds is 4. The number of aromatic nitrogens is 1. The minimum atomic E-state index is -4.87. The van der Waals surface area contributed by atoms with Crippen LogP contribution in [0.5, 0.6) is 5.75 Å². The Morgan fingerprint density at radius 1 is 1.24 bits per heavy atom. The Kier molecular flexibility index (Phi) is 4.28. The first-order valence-electron chi connectivity index (χ1n) is 7.47. The van der Waals surface area contributed by atoms with E-state index in [9.17, 15) is 22.4 Å². The highest BCUT2D eigenvalue weighted by Crippen LogP contribution is 2.37. The Bertz CT molecular complexity index is 959. The highest BCUT2D eigenvalue weighted by atomic mass is 19.4. The highest BCUT2D eigenvalue weighted by molar-refractivity contribution is 5.89. The van der Waals surface area contributed by atoms with Crippen LogP contribution in [0.25, 0.3) is 22.2 Å². The van der Waals surface area contributed by atoms with Crippen LogP contribution in [0.2, 0.25) is 0 Å². The Hall–Kier alpha value is -2.77. The molecule has 0 aliphatic heterocycles. The number of aromatic amines is 1. The zero-order valence-corrected chi connectivity index (χ0v) is 13.0. The summed E-state index contributed by atoms with van der Waals surface area (Å²) >= 11 is 0. The minimum Gasteiger partial charge on any atom is -0.491 e. The summed E-state index contributed by atoms with van der Waals surface area (Å²) < 4.78 is 65.0. The molecule has 0 saturated carbocycles. The molecule has 8 heteroatoms. The average molecular weight is 355 g/mol. The number of hydrogen-bond acceptors (Lipinski definition) is 3. The third-order valence-electron chi connectivity index (χ3n) is 3.58. The van der Waals surface area contributed by atoms with Gasteiger partial charge in [-0.15, -0.1) is 0 Å². The van der Waals surface area contributed by atoms with Crippen molar-refractivity contribution >= 4 is 10.9 Å². The second-order valence-electron chi connectivity index (χ2n) is 5.32.